The Morgan fingerprint density at radius 1 is 1.31 bits per heavy atom. The Bertz CT molecular complexity index is 1310. The van der Waals surface area contributed by atoms with Gasteiger partial charge in [-0.05, 0) is 50.8 Å². The second kappa shape index (κ2) is 7.49. The number of carbonyl (C=O) groups is 1. The molecule has 1 amide bonds. The second-order valence-corrected chi connectivity index (χ2v) is 8.54. The molecule has 1 aliphatic rings. The van der Waals surface area contributed by atoms with E-state index in [9.17, 15) is 9.90 Å². The van der Waals surface area contributed by atoms with Gasteiger partial charge in [0.25, 0.3) is 5.91 Å². The molecule has 166 valence electrons. The van der Waals surface area contributed by atoms with Crippen LogP contribution in [-0.4, -0.2) is 53.7 Å². The van der Waals surface area contributed by atoms with E-state index in [2.05, 4.69) is 20.4 Å². The van der Waals surface area contributed by atoms with Crippen LogP contribution in [0.2, 0.25) is 0 Å². The number of ether oxygens (including phenoxy) is 1. The predicted octanol–water partition coefficient (Wildman–Crippen LogP) is 2.26. The molecule has 4 aromatic heterocycles. The molecular weight excluding hydrogens is 410 g/mol. The molecule has 4 aromatic rings. The molecule has 0 spiro atoms. The van der Waals surface area contributed by atoms with E-state index >= 15 is 0 Å². The van der Waals surface area contributed by atoms with Crippen molar-refractivity contribution < 1.29 is 14.6 Å². The van der Waals surface area contributed by atoms with Gasteiger partial charge in [-0.15, -0.1) is 5.10 Å². The molecule has 0 unspecified atom stereocenters. The summed E-state index contributed by atoms with van der Waals surface area (Å²) in [5.74, 6) is 0.368. The van der Waals surface area contributed by atoms with Crippen molar-refractivity contribution in [2.45, 2.75) is 44.2 Å². The minimum Gasteiger partial charge on any atom is -0.479 e. The fourth-order valence-electron chi connectivity index (χ4n) is 4.32. The molecule has 0 aromatic carbocycles. The topological polar surface area (TPSA) is 132 Å². The largest absolute Gasteiger partial charge is 0.479 e. The van der Waals surface area contributed by atoms with Crippen LogP contribution in [0, 0.1) is 0 Å². The zero-order valence-electron chi connectivity index (χ0n) is 17.9. The molecule has 5 rings (SSSR count). The summed E-state index contributed by atoms with van der Waals surface area (Å²) in [5.41, 5.74) is 8.23. The molecule has 0 atom stereocenters. The Labute approximate surface area is 184 Å². The average Bonchev–Trinajstić information content (AvgIpc) is 3.38. The van der Waals surface area contributed by atoms with Gasteiger partial charge >= 0.3 is 0 Å². The van der Waals surface area contributed by atoms with E-state index in [1.54, 1.807) is 16.0 Å². The Kier molecular flexibility index (Phi) is 4.74. The number of aliphatic hydroxyl groups is 1. The van der Waals surface area contributed by atoms with Gasteiger partial charge in [-0.2, -0.15) is 4.98 Å². The number of hydrogen-bond donors (Lipinski definition) is 3. The van der Waals surface area contributed by atoms with E-state index in [1.165, 1.54) is 6.20 Å². The van der Waals surface area contributed by atoms with E-state index < -0.39 is 11.5 Å². The van der Waals surface area contributed by atoms with Crippen molar-refractivity contribution in [2.24, 2.45) is 5.73 Å². The number of nitrogens with zero attached hydrogens (tertiary/aromatic N) is 5. The van der Waals surface area contributed by atoms with Gasteiger partial charge in [0.05, 0.1) is 18.9 Å². The van der Waals surface area contributed by atoms with Crippen LogP contribution >= 0.6 is 0 Å². The van der Waals surface area contributed by atoms with Crippen LogP contribution in [0.15, 0.2) is 36.8 Å². The van der Waals surface area contributed by atoms with Crippen LogP contribution in [0.4, 0.5) is 5.95 Å². The summed E-state index contributed by atoms with van der Waals surface area (Å²) in [6.45, 7) is 1.88. The number of amides is 1. The molecule has 0 radical (unpaired) electrons. The molecule has 32 heavy (non-hydrogen) atoms. The summed E-state index contributed by atoms with van der Waals surface area (Å²) in [4.78, 5) is 20.5. The SMILES string of the molecule is COc1nc(NC2CCC(C)(O)CC2)nn2ccc(-c3ccc4ncc(C(N)=O)n4c3)c12. The highest BCUT2D eigenvalue weighted by Gasteiger charge is 2.29. The number of primary amides is 1. The third-order valence-electron chi connectivity index (χ3n) is 6.14. The van der Waals surface area contributed by atoms with Gasteiger partial charge in [0, 0.05) is 29.6 Å². The lowest BCUT2D eigenvalue weighted by Gasteiger charge is -2.33. The zero-order chi connectivity index (χ0) is 22.5. The third kappa shape index (κ3) is 3.52. The van der Waals surface area contributed by atoms with Crippen molar-refractivity contribution in [2.75, 3.05) is 12.4 Å². The van der Waals surface area contributed by atoms with E-state index in [4.69, 9.17) is 10.5 Å². The number of nitrogens with one attached hydrogen (secondary N) is 1. The molecule has 1 saturated carbocycles. The van der Waals surface area contributed by atoms with Gasteiger partial charge in [-0.1, -0.05) is 0 Å². The van der Waals surface area contributed by atoms with Crippen molar-refractivity contribution in [1.29, 1.82) is 0 Å². The first-order valence-electron chi connectivity index (χ1n) is 10.5. The molecule has 0 aliphatic heterocycles. The molecule has 1 aliphatic carbocycles. The quantitative estimate of drug-likeness (QED) is 0.438. The lowest BCUT2D eigenvalue weighted by Crippen LogP contribution is -2.36. The number of rotatable bonds is 5. The first kappa shape index (κ1) is 20.3. The average molecular weight is 435 g/mol. The van der Waals surface area contributed by atoms with Gasteiger partial charge in [0.15, 0.2) is 0 Å². The number of fused-ring (bicyclic) bond motifs is 2. The summed E-state index contributed by atoms with van der Waals surface area (Å²) >= 11 is 0. The van der Waals surface area contributed by atoms with Gasteiger partial charge in [-0.25, -0.2) is 9.50 Å². The van der Waals surface area contributed by atoms with Crippen LogP contribution in [0.1, 0.15) is 43.1 Å². The number of anilines is 1. The maximum Gasteiger partial charge on any atom is 0.267 e. The standard InChI is InChI=1S/C22H25N7O3/c1-22(31)8-5-14(6-9-22)25-21-26-20(32-2)18-15(7-10-29(18)27-21)13-3-4-17-24-11-16(19(23)30)28(17)12-13/h3-4,7,10-12,14,31H,5-6,8-9H2,1-2H3,(H2,23,30)(H,25,27). The summed E-state index contributed by atoms with van der Waals surface area (Å²) < 4.78 is 9.00. The lowest BCUT2D eigenvalue weighted by atomic mass is 9.84. The predicted molar refractivity (Wildman–Crippen MR) is 119 cm³/mol. The van der Waals surface area contributed by atoms with Crippen molar-refractivity contribution >= 4 is 23.0 Å². The Balaban J connectivity index is 1.51. The lowest BCUT2D eigenvalue weighted by molar-refractivity contribution is 0.0195. The monoisotopic (exact) mass is 435 g/mol. The van der Waals surface area contributed by atoms with Gasteiger partial charge in [0.1, 0.15) is 16.9 Å². The third-order valence-corrected chi connectivity index (χ3v) is 6.14. The minimum atomic E-state index is -0.596. The first-order valence-corrected chi connectivity index (χ1v) is 10.5. The zero-order valence-corrected chi connectivity index (χ0v) is 17.9. The minimum absolute atomic E-state index is 0.197. The normalized spacial score (nSPS) is 21.2. The van der Waals surface area contributed by atoms with Gasteiger partial charge < -0.3 is 20.9 Å². The second-order valence-electron chi connectivity index (χ2n) is 8.54. The molecule has 0 bridgehead atoms. The Morgan fingerprint density at radius 2 is 2.09 bits per heavy atom. The molecule has 4 heterocycles. The Hall–Kier alpha value is -3.66. The number of carbonyl (C=O) groups excluding carboxylic acids is 1. The smallest absolute Gasteiger partial charge is 0.267 e. The van der Waals surface area contributed by atoms with Gasteiger partial charge in [0.2, 0.25) is 11.8 Å². The van der Waals surface area contributed by atoms with E-state index in [0.717, 1.165) is 36.8 Å². The Morgan fingerprint density at radius 3 is 2.81 bits per heavy atom. The van der Waals surface area contributed by atoms with Crippen LogP contribution in [0.5, 0.6) is 5.88 Å². The number of aromatic nitrogens is 5. The van der Waals surface area contributed by atoms with Crippen LogP contribution in [0.3, 0.4) is 0 Å². The van der Waals surface area contributed by atoms with Crippen LogP contribution in [0.25, 0.3) is 22.3 Å². The highest BCUT2D eigenvalue weighted by atomic mass is 16.5. The van der Waals surface area contributed by atoms with Crippen LogP contribution in [-0.2, 0) is 0 Å². The first-order chi connectivity index (χ1) is 15.3. The maximum atomic E-state index is 11.7. The molecule has 0 saturated heterocycles. The number of pyridine rings is 1. The molecule has 10 nitrogen and oxygen atoms in total. The maximum absolute atomic E-state index is 11.7. The van der Waals surface area contributed by atoms with Crippen molar-refractivity contribution in [3.8, 4) is 17.0 Å². The summed E-state index contributed by atoms with van der Waals surface area (Å²) in [6.07, 6.45) is 8.30. The summed E-state index contributed by atoms with van der Waals surface area (Å²) in [5, 5.41) is 18.2. The number of hydrogen-bond acceptors (Lipinski definition) is 7. The summed E-state index contributed by atoms with van der Waals surface area (Å²) in [6, 6.07) is 5.87. The van der Waals surface area contributed by atoms with E-state index in [1.807, 2.05) is 37.5 Å². The van der Waals surface area contributed by atoms with Crippen molar-refractivity contribution in [3.63, 3.8) is 0 Å². The van der Waals surface area contributed by atoms with Gasteiger partial charge in [-0.3, -0.25) is 9.20 Å². The van der Waals surface area contributed by atoms with E-state index in [0.29, 0.717) is 28.7 Å². The van der Waals surface area contributed by atoms with Crippen molar-refractivity contribution in [1.82, 2.24) is 24.0 Å². The van der Waals surface area contributed by atoms with Crippen molar-refractivity contribution in [3.05, 3.63) is 42.5 Å². The highest BCUT2D eigenvalue weighted by molar-refractivity contribution is 5.92. The number of methoxy groups -OCH3 is 1. The molecular formula is C22H25N7O3. The molecule has 4 N–H and O–H groups in total. The number of imidazole rings is 1. The molecule has 1 fully saturated rings. The fraction of sp³-hybridized carbons (Fsp3) is 0.364. The summed E-state index contributed by atoms with van der Waals surface area (Å²) in [7, 11) is 1.57. The number of nitrogens with two attached hydrogens (primary N) is 1. The van der Waals surface area contributed by atoms with Crippen LogP contribution < -0.4 is 15.8 Å². The van der Waals surface area contributed by atoms with E-state index in [-0.39, 0.29) is 6.04 Å². The highest BCUT2D eigenvalue weighted by Crippen LogP contribution is 2.33. The fourth-order valence-corrected chi connectivity index (χ4v) is 4.32. The molecule has 10 heteroatoms.